The fraction of sp³-hybridized carbons (Fsp3) is 0.591. The minimum absolute atomic E-state index is 0.255. The third-order valence-electron chi connectivity index (χ3n) is 6.43. The lowest BCUT2D eigenvalue weighted by atomic mass is 9.97. The average Bonchev–Trinajstić information content (AvgIpc) is 3.52. The lowest BCUT2D eigenvalue weighted by Crippen LogP contribution is -2.51. The van der Waals surface area contributed by atoms with Crippen molar-refractivity contribution >= 4 is 11.6 Å². The second kappa shape index (κ2) is 8.14. The molecule has 1 aliphatic carbocycles. The molecule has 2 saturated heterocycles. The fourth-order valence-corrected chi connectivity index (χ4v) is 4.39. The molecular weight excluding hydrogens is 366 g/mol. The van der Waals surface area contributed by atoms with Crippen LogP contribution in [0.3, 0.4) is 0 Å². The third-order valence-corrected chi connectivity index (χ3v) is 6.43. The van der Waals surface area contributed by atoms with E-state index >= 15 is 0 Å². The Bertz CT molecular complexity index is 819. The molecule has 7 heteroatoms. The Hall–Kier alpha value is -2.41. The summed E-state index contributed by atoms with van der Waals surface area (Å²) < 4.78 is 5.88. The Morgan fingerprint density at radius 2 is 1.48 bits per heavy atom. The van der Waals surface area contributed by atoms with E-state index in [9.17, 15) is 4.79 Å². The molecule has 0 N–H and O–H groups in total. The fourth-order valence-electron chi connectivity index (χ4n) is 4.39. The van der Waals surface area contributed by atoms with Crippen molar-refractivity contribution in [3.8, 4) is 0 Å². The molecule has 3 aliphatic rings. The Labute approximate surface area is 171 Å². The molecule has 3 fully saturated rings. The second-order valence-corrected chi connectivity index (χ2v) is 8.51. The second-order valence-electron chi connectivity index (χ2n) is 8.51. The molecule has 0 radical (unpaired) electrons. The Morgan fingerprint density at radius 1 is 0.862 bits per heavy atom. The van der Waals surface area contributed by atoms with Crippen LogP contribution in [0, 0.1) is 0 Å². The van der Waals surface area contributed by atoms with Crippen molar-refractivity contribution in [3.63, 3.8) is 0 Å². The molecule has 2 aliphatic heterocycles. The van der Waals surface area contributed by atoms with Gasteiger partial charge in [0.15, 0.2) is 0 Å². The van der Waals surface area contributed by atoms with Crippen LogP contribution in [0.15, 0.2) is 34.7 Å². The van der Waals surface area contributed by atoms with Crippen molar-refractivity contribution in [1.82, 2.24) is 20.0 Å². The number of para-hydroxylation sites is 1. The molecule has 29 heavy (non-hydrogen) atoms. The van der Waals surface area contributed by atoms with Gasteiger partial charge < -0.3 is 14.2 Å². The quantitative estimate of drug-likeness (QED) is 0.775. The number of hydrogen-bond acceptors (Lipinski definition) is 6. The number of piperidine rings is 1. The molecular formula is C22H29N5O2. The van der Waals surface area contributed by atoms with Gasteiger partial charge in [0.2, 0.25) is 17.7 Å². The van der Waals surface area contributed by atoms with Crippen LogP contribution in [0.25, 0.3) is 0 Å². The first-order valence-electron chi connectivity index (χ1n) is 10.9. The Kier molecular flexibility index (Phi) is 5.23. The maximum atomic E-state index is 12.8. The van der Waals surface area contributed by atoms with Crippen LogP contribution in [-0.2, 0) is 4.79 Å². The molecule has 7 nitrogen and oxygen atoms in total. The highest BCUT2D eigenvalue weighted by Gasteiger charge is 2.32. The summed E-state index contributed by atoms with van der Waals surface area (Å²) in [4.78, 5) is 19.4. The van der Waals surface area contributed by atoms with Gasteiger partial charge in [-0.2, -0.15) is 0 Å². The molecule has 5 rings (SSSR count). The first kappa shape index (κ1) is 18.6. The number of likely N-dealkylation sites (tertiary alicyclic amines) is 1. The van der Waals surface area contributed by atoms with Crippen LogP contribution in [0.5, 0.6) is 0 Å². The smallest absolute Gasteiger partial charge is 0.236 e. The van der Waals surface area contributed by atoms with Crippen molar-refractivity contribution < 1.29 is 9.21 Å². The number of hydrogen-bond donors (Lipinski definition) is 0. The lowest BCUT2D eigenvalue weighted by molar-refractivity contribution is -0.133. The zero-order valence-corrected chi connectivity index (χ0v) is 16.9. The van der Waals surface area contributed by atoms with Gasteiger partial charge in [-0.15, -0.1) is 10.2 Å². The minimum atomic E-state index is 0.255. The van der Waals surface area contributed by atoms with Crippen LogP contribution in [0.4, 0.5) is 5.69 Å². The van der Waals surface area contributed by atoms with Crippen LogP contribution in [0.1, 0.15) is 49.3 Å². The molecule has 0 bridgehead atoms. The van der Waals surface area contributed by atoms with Gasteiger partial charge in [-0.25, -0.2) is 0 Å². The highest BCUT2D eigenvalue weighted by atomic mass is 16.4. The number of anilines is 1. The van der Waals surface area contributed by atoms with E-state index in [0.717, 1.165) is 63.9 Å². The molecule has 0 spiro atoms. The standard InChI is InChI=1S/C22H29N5O2/c28-20(27-14-12-26(13-15-27)19-4-2-1-3-5-19)16-25-10-8-18(9-11-25)22-24-23-21(29-22)17-6-7-17/h1-5,17-18H,6-16H2. The SMILES string of the molecule is O=C(CN1CCC(c2nnc(C3CC3)o2)CC1)N1CCN(c2ccccc2)CC1. The average molecular weight is 396 g/mol. The summed E-state index contributed by atoms with van der Waals surface area (Å²) in [5.41, 5.74) is 1.24. The van der Waals surface area contributed by atoms with Crippen molar-refractivity contribution in [2.45, 2.75) is 37.5 Å². The lowest BCUT2D eigenvalue weighted by Gasteiger charge is -2.37. The van der Waals surface area contributed by atoms with Gasteiger partial charge in [-0.05, 0) is 50.9 Å². The van der Waals surface area contributed by atoms with Gasteiger partial charge in [-0.3, -0.25) is 9.69 Å². The van der Waals surface area contributed by atoms with Gasteiger partial charge in [0.1, 0.15) is 0 Å². The van der Waals surface area contributed by atoms with Gasteiger partial charge in [0.25, 0.3) is 0 Å². The number of benzene rings is 1. The number of amides is 1. The normalized spacial score (nSPS) is 21.5. The Balaban J connectivity index is 1.07. The first-order chi connectivity index (χ1) is 14.3. The predicted molar refractivity (Wildman–Crippen MR) is 110 cm³/mol. The summed E-state index contributed by atoms with van der Waals surface area (Å²) >= 11 is 0. The van der Waals surface area contributed by atoms with Gasteiger partial charge >= 0.3 is 0 Å². The van der Waals surface area contributed by atoms with E-state index in [1.165, 1.54) is 18.5 Å². The van der Waals surface area contributed by atoms with E-state index in [1.54, 1.807) is 0 Å². The molecule has 0 atom stereocenters. The number of rotatable bonds is 5. The third kappa shape index (κ3) is 4.29. The summed E-state index contributed by atoms with van der Waals surface area (Å²) in [5.74, 6) is 2.74. The van der Waals surface area contributed by atoms with E-state index in [4.69, 9.17) is 4.42 Å². The Morgan fingerprint density at radius 3 is 2.10 bits per heavy atom. The van der Waals surface area contributed by atoms with Gasteiger partial charge in [0.05, 0.1) is 6.54 Å². The van der Waals surface area contributed by atoms with Gasteiger partial charge in [0, 0.05) is 43.7 Å². The zero-order valence-electron chi connectivity index (χ0n) is 16.9. The predicted octanol–water partition coefficient (Wildman–Crippen LogP) is 2.48. The monoisotopic (exact) mass is 395 g/mol. The molecule has 1 amide bonds. The number of piperazine rings is 1. The topological polar surface area (TPSA) is 65.7 Å². The summed E-state index contributed by atoms with van der Waals surface area (Å²) in [6.45, 7) is 5.77. The molecule has 1 aromatic carbocycles. The van der Waals surface area contributed by atoms with E-state index in [0.29, 0.717) is 18.4 Å². The van der Waals surface area contributed by atoms with Gasteiger partial charge in [-0.1, -0.05) is 18.2 Å². The summed E-state index contributed by atoms with van der Waals surface area (Å²) in [7, 11) is 0. The number of aromatic nitrogens is 2. The van der Waals surface area contributed by atoms with E-state index in [2.05, 4.69) is 44.3 Å². The molecule has 1 saturated carbocycles. The summed E-state index contributed by atoms with van der Waals surface area (Å²) in [6, 6.07) is 10.4. The highest BCUT2D eigenvalue weighted by Crippen LogP contribution is 2.40. The van der Waals surface area contributed by atoms with Crippen molar-refractivity contribution in [3.05, 3.63) is 42.1 Å². The largest absolute Gasteiger partial charge is 0.425 e. The van der Waals surface area contributed by atoms with E-state index < -0.39 is 0 Å². The summed E-state index contributed by atoms with van der Waals surface area (Å²) in [5, 5.41) is 8.49. The molecule has 154 valence electrons. The maximum Gasteiger partial charge on any atom is 0.236 e. The molecule has 3 heterocycles. The number of nitrogens with zero attached hydrogens (tertiary/aromatic N) is 5. The highest BCUT2D eigenvalue weighted by molar-refractivity contribution is 5.78. The maximum absolute atomic E-state index is 12.8. The van der Waals surface area contributed by atoms with Crippen LogP contribution in [-0.4, -0.2) is 71.7 Å². The molecule has 0 unspecified atom stereocenters. The number of carbonyl (C=O) groups excluding carboxylic acids is 1. The van der Waals surface area contributed by atoms with Crippen molar-refractivity contribution in [2.24, 2.45) is 0 Å². The van der Waals surface area contributed by atoms with Crippen molar-refractivity contribution in [2.75, 3.05) is 50.7 Å². The molecule has 2 aromatic rings. The van der Waals surface area contributed by atoms with E-state index in [-0.39, 0.29) is 5.91 Å². The zero-order chi connectivity index (χ0) is 19.6. The minimum Gasteiger partial charge on any atom is -0.425 e. The van der Waals surface area contributed by atoms with Crippen molar-refractivity contribution in [1.29, 1.82) is 0 Å². The number of carbonyl (C=O) groups is 1. The summed E-state index contributed by atoms with van der Waals surface area (Å²) in [6.07, 6.45) is 4.34. The van der Waals surface area contributed by atoms with Crippen LogP contribution < -0.4 is 4.90 Å². The van der Waals surface area contributed by atoms with Crippen LogP contribution >= 0.6 is 0 Å². The van der Waals surface area contributed by atoms with E-state index in [1.807, 2.05) is 11.0 Å². The molecule has 1 aromatic heterocycles. The first-order valence-corrected chi connectivity index (χ1v) is 10.9. The van der Waals surface area contributed by atoms with Crippen LogP contribution in [0.2, 0.25) is 0 Å².